The molecule has 1 aromatic heterocycles. The van der Waals surface area contributed by atoms with Crippen LogP contribution in [0.15, 0.2) is 30.6 Å². The average molecular weight is 306 g/mol. The highest BCUT2D eigenvalue weighted by Gasteiger charge is 2.19. The Hall–Kier alpha value is -1.32. The van der Waals surface area contributed by atoms with Gasteiger partial charge in [0.2, 0.25) is 0 Å². The monoisotopic (exact) mass is 305 g/mol. The maximum Gasteiger partial charge on any atom is 0.0425 e. The Labute approximate surface area is 132 Å². The van der Waals surface area contributed by atoms with Crippen molar-refractivity contribution in [2.45, 2.75) is 51.1 Å². The van der Waals surface area contributed by atoms with Gasteiger partial charge in [0.15, 0.2) is 0 Å². The number of nitrogens with two attached hydrogens (primary N) is 1. The number of pyridine rings is 1. The number of nitrogens with one attached hydrogen (secondary N) is 1. The third-order valence-corrected chi connectivity index (χ3v) is 4.37. The highest BCUT2D eigenvalue weighted by Crippen LogP contribution is 2.29. The summed E-state index contributed by atoms with van der Waals surface area (Å²) in [5.74, 6) is 0. The fourth-order valence-corrected chi connectivity index (χ4v) is 3.18. The summed E-state index contributed by atoms with van der Waals surface area (Å²) < 4.78 is 0. The van der Waals surface area contributed by atoms with Gasteiger partial charge in [-0.2, -0.15) is 0 Å². The van der Waals surface area contributed by atoms with Gasteiger partial charge in [-0.05, 0) is 43.7 Å². The highest BCUT2D eigenvalue weighted by atomic mass is 35.5. The third-order valence-electron chi connectivity index (χ3n) is 4.37. The van der Waals surface area contributed by atoms with Gasteiger partial charge in [-0.15, -0.1) is 12.4 Å². The van der Waals surface area contributed by atoms with E-state index in [-0.39, 0.29) is 12.4 Å². The molecule has 1 fully saturated rings. The van der Waals surface area contributed by atoms with Crippen LogP contribution in [-0.2, 0) is 6.42 Å². The van der Waals surface area contributed by atoms with Gasteiger partial charge in [-0.25, -0.2) is 0 Å². The van der Waals surface area contributed by atoms with E-state index < -0.39 is 0 Å². The minimum atomic E-state index is 0. The van der Waals surface area contributed by atoms with Crippen LogP contribution in [0.1, 0.15) is 38.2 Å². The second-order valence-corrected chi connectivity index (χ2v) is 5.81. The molecule has 0 unspecified atom stereocenters. The van der Waals surface area contributed by atoms with Crippen LogP contribution >= 0.6 is 12.4 Å². The fraction of sp³-hybridized carbons (Fsp3) is 0.471. The number of hydrogen-bond donors (Lipinski definition) is 2. The molecule has 21 heavy (non-hydrogen) atoms. The van der Waals surface area contributed by atoms with Crippen molar-refractivity contribution in [3.63, 3.8) is 0 Å². The summed E-state index contributed by atoms with van der Waals surface area (Å²) >= 11 is 0. The van der Waals surface area contributed by atoms with Crippen molar-refractivity contribution in [3.8, 4) is 0 Å². The SMILES string of the molecule is CCc1cncc2cccc(NC3CCC(N)CC3)c12.Cl. The van der Waals surface area contributed by atoms with Crippen molar-refractivity contribution in [1.29, 1.82) is 0 Å². The van der Waals surface area contributed by atoms with Crippen LogP contribution in [0.5, 0.6) is 0 Å². The Kier molecular flexibility index (Phi) is 5.43. The van der Waals surface area contributed by atoms with E-state index >= 15 is 0 Å². The standard InChI is InChI=1S/C17H23N3.ClH/c1-2-12-10-19-11-13-4-3-5-16(17(12)13)20-15-8-6-14(18)7-9-15;/h3-5,10-11,14-15,20H,2,6-9,18H2,1H3;1H. The quantitative estimate of drug-likeness (QED) is 0.904. The molecule has 0 bridgehead atoms. The van der Waals surface area contributed by atoms with Crippen LogP contribution in [0.3, 0.4) is 0 Å². The predicted molar refractivity (Wildman–Crippen MR) is 92.2 cm³/mol. The first-order valence-electron chi connectivity index (χ1n) is 7.65. The Morgan fingerprint density at radius 1 is 1.19 bits per heavy atom. The molecule has 0 radical (unpaired) electrons. The Morgan fingerprint density at radius 3 is 2.67 bits per heavy atom. The molecule has 3 rings (SSSR count). The molecule has 3 nitrogen and oxygen atoms in total. The fourth-order valence-electron chi connectivity index (χ4n) is 3.18. The van der Waals surface area contributed by atoms with E-state index in [0.29, 0.717) is 12.1 Å². The summed E-state index contributed by atoms with van der Waals surface area (Å²) in [5.41, 5.74) is 8.56. The zero-order valence-corrected chi connectivity index (χ0v) is 13.3. The van der Waals surface area contributed by atoms with Gasteiger partial charge in [-0.3, -0.25) is 4.98 Å². The van der Waals surface area contributed by atoms with Crippen LogP contribution < -0.4 is 11.1 Å². The van der Waals surface area contributed by atoms with E-state index in [1.54, 1.807) is 0 Å². The molecule has 0 saturated heterocycles. The minimum Gasteiger partial charge on any atom is -0.382 e. The molecule has 2 aromatic rings. The van der Waals surface area contributed by atoms with Gasteiger partial charge < -0.3 is 11.1 Å². The lowest BCUT2D eigenvalue weighted by molar-refractivity contribution is 0.411. The number of halogens is 1. The zero-order valence-electron chi connectivity index (χ0n) is 12.5. The summed E-state index contributed by atoms with van der Waals surface area (Å²) in [5, 5.41) is 6.29. The van der Waals surface area contributed by atoms with E-state index in [0.717, 1.165) is 19.3 Å². The number of nitrogens with zero attached hydrogens (tertiary/aromatic N) is 1. The zero-order chi connectivity index (χ0) is 13.9. The molecule has 1 aromatic carbocycles. The molecule has 1 aliphatic carbocycles. The molecular weight excluding hydrogens is 282 g/mol. The van der Waals surface area contributed by atoms with Crippen LogP contribution in [0.4, 0.5) is 5.69 Å². The van der Waals surface area contributed by atoms with Crippen molar-refractivity contribution in [1.82, 2.24) is 4.98 Å². The molecule has 114 valence electrons. The highest BCUT2D eigenvalue weighted by molar-refractivity contribution is 5.96. The van der Waals surface area contributed by atoms with E-state index in [1.165, 1.54) is 34.9 Å². The van der Waals surface area contributed by atoms with E-state index in [4.69, 9.17) is 5.73 Å². The lowest BCUT2D eigenvalue weighted by atomic mass is 9.91. The maximum atomic E-state index is 5.99. The van der Waals surface area contributed by atoms with Gasteiger partial charge in [0, 0.05) is 40.9 Å². The summed E-state index contributed by atoms with van der Waals surface area (Å²) in [6.07, 6.45) is 9.56. The lowest BCUT2D eigenvalue weighted by Crippen LogP contribution is -2.32. The Bertz CT molecular complexity index is 586. The average Bonchev–Trinajstić information content (AvgIpc) is 2.49. The first-order valence-corrected chi connectivity index (χ1v) is 7.65. The summed E-state index contributed by atoms with van der Waals surface area (Å²) in [6.45, 7) is 2.19. The number of rotatable bonds is 3. The molecule has 3 N–H and O–H groups in total. The van der Waals surface area contributed by atoms with Crippen molar-refractivity contribution in [2.24, 2.45) is 5.73 Å². The Morgan fingerprint density at radius 2 is 1.95 bits per heavy atom. The van der Waals surface area contributed by atoms with Crippen molar-refractivity contribution < 1.29 is 0 Å². The van der Waals surface area contributed by atoms with E-state index in [9.17, 15) is 0 Å². The summed E-state index contributed by atoms with van der Waals surface area (Å²) in [7, 11) is 0. The van der Waals surface area contributed by atoms with Crippen molar-refractivity contribution in [3.05, 3.63) is 36.2 Å². The second kappa shape index (κ2) is 7.10. The number of benzene rings is 1. The van der Waals surface area contributed by atoms with Gasteiger partial charge in [0.1, 0.15) is 0 Å². The molecule has 1 heterocycles. The minimum absolute atomic E-state index is 0. The topological polar surface area (TPSA) is 50.9 Å². The molecule has 0 atom stereocenters. The smallest absolute Gasteiger partial charge is 0.0425 e. The molecule has 0 spiro atoms. The summed E-state index contributed by atoms with van der Waals surface area (Å²) in [6, 6.07) is 7.40. The molecular formula is C17H24ClN3. The molecule has 1 saturated carbocycles. The predicted octanol–water partition coefficient (Wildman–Crippen LogP) is 3.90. The third kappa shape index (κ3) is 3.47. The van der Waals surface area contributed by atoms with Gasteiger partial charge in [-0.1, -0.05) is 19.1 Å². The van der Waals surface area contributed by atoms with Crippen LogP contribution in [0, 0.1) is 0 Å². The van der Waals surface area contributed by atoms with Gasteiger partial charge >= 0.3 is 0 Å². The molecule has 0 aliphatic heterocycles. The largest absolute Gasteiger partial charge is 0.382 e. The molecule has 1 aliphatic rings. The molecule has 4 heteroatoms. The van der Waals surface area contributed by atoms with Crippen LogP contribution in [-0.4, -0.2) is 17.1 Å². The van der Waals surface area contributed by atoms with Gasteiger partial charge in [0.25, 0.3) is 0 Å². The number of anilines is 1. The van der Waals surface area contributed by atoms with Crippen molar-refractivity contribution >= 4 is 28.9 Å². The maximum absolute atomic E-state index is 5.99. The molecule has 0 amide bonds. The van der Waals surface area contributed by atoms with Crippen molar-refractivity contribution in [2.75, 3.05) is 5.32 Å². The first-order chi connectivity index (χ1) is 9.78. The Balaban J connectivity index is 0.00000161. The van der Waals surface area contributed by atoms with Crippen LogP contribution in [0.2, 0.25) is 0 Å². The number of aromatic nitrogens is 1. The van der Waals surface area contributed by atoms with E-state index in [2.05, 4.69) is 35.4 Å². The number of aryl methyl sites for hydroxylation is 1. The van der Waals surface area contributed by atoms with Gasteiger partial charge in [0.05, 0.1) is 0 Å². The van der Waals surface area contributed by atoms with Crippen LogP contribution in [0.25, 0.3) is 10.8 Å². The number of hydrogen-bond acceptors (Lipinski definition) is 3. The second-order valence-electron chi connectivity index (χ2n) is 5.81. The van der Waals surface area contributed by atoms with E-state index in [1.807, 2.05) is 12.4 Å². The summed E-state index contributed by atoms with van der Waals surface area (Å²) in [4.78, 5) is 4.34. The number of fused-ring (bicyclic) bond motifs is 1. The first kappa shape index (κ1) is 16.1. The normalized spacial score (nSPS) is 21.8. The lowest BCUT2D eigenvalue weighted by Gasteiger charge is -2.28.